The average Bonchev–Trinajstić information content (AvgIpc) is 2.74. The van der Waals surface area contributed by atoms with E-state index in [9.17, 15) is 30.8 Å². The molecular weight excluding hydrogens is 476 g/mol. The maximum absolute atomic E-state index is 13.5. The van der Waals surface area contributed by atoms with Gasteiger partial charge in [-0.05, 0) is 49.2 Å². The average molecular weight is 495 g/mol. The van der Waals surface area contributed by atoms with E-state index in [2.05, 4.69) is 5.32 Å². The fourth-order valence-electron chi connectivity index (χ4n) is 3.40. The number of nitrogens with one attached hydrogen (secondary N) is 1. The van der Waals surface area contributed by atoms with E-state index < -0.39 is 39.4 Å². The largest absolute Gasteiger partial charge is 0.495 e. The molecule has 174 valence electrons. The maximum atomic E-state index is 13.5. The van der Waals surface area contributed by atoms with Gasteiger partial charge in [-0.15, -0.1) is 0 Å². The smallest absolute Gasteiger partial charge is 0.419 e. The molecule has 0 saturated carbocycles. The van der Waals surface area contributed by atoms with Crippen molar-refractivity contribution in [2.24, 2.45) is 5.92 Å². The van der Waals surface area contributed by atoms with Crippen LogP contribution in [0.1, 0.15) is 18.4 Å². The third-order valence-electron chi connectivity index (χ3n) is 5.06. The molecule has 1 N–H and O–H groups in total. The van der Waals surface area contributed by atoms with Crippen LogP contribution in [0.4, 0.5) is 23.2 Å². The molecule has 12 heteroatoms. The number of carbonyl (C=O) groups excluding carboxylic acids is 1. The third kappa shape index (κ3) is 5.16. The van der Waals surface area contributed by atoms with Crippen LogP contribution in [0.15, 0.2) is 41.3 Å². The molecule has 1 fully saturated rings. The number of carbonyl (C=O) groups is 1. The molecule has 1 aliphatic heterocycles. The van der Waals surface area contributed by atoms with Gasteiger partial charge in [-0.3, -0.25) is 4.79 Å². The first-order chi connectivity index (χ1) is 14.9. The molecule has 1 heterocycles. The maximum Gasteiger partial charge on any atom is 0.419 e. The van der Waals surface area contributed by atoms with Crippen molar-refractivity contribution in [1.82, 2.24) is 4.31 Å². The highest BCUT2D eigenvalue weighted by molar-refractivity contribution is 7.89. The van der Waals surface area contributed by atoms with E-state index in [1.807, 2.05) is 0 Å². The number of hydrogen-bond acceptors (Lipinski definition) is 4. The Labute approximate surface area is 187 Å². The van der Waals surface area contributed by atoms with Crippen LogP contribution in [-0.4, -0.2) is 38.8 Å². The standard InChI is InChI=1S/C20H19ClF4N2O4S/c1-31-18-7-5-14(10-16(18)21)32(29,30)27-8-2-3-12(11-27)19(28)26-13-4-6-17(22)15(9-13)20(23,24)25/h4-7,9-10,12H,2-3,8,11H2,1H3,(H,26,28)/t12-/m1/s1. The number of halogens is 5. The zero-order valence-corrected chi connectivity index (χ0v) is 18.3. The van der Waals surface area contributed by atoms with Gasteiger partial charge in [0.05, 0.1) is 28.5 Å². The Morgan fingerprint density at radius 2 is 1.94 bits per heavy atom. The van der Waals surface area contributed by atoms with E-state index in [0.717, 1.165) is 10.4 Å². The first-order valence-electron chi connectivity index (χ1n) is 9.45. The minimum atomic E-state index is -4.92. The van der Waals surface area contributed by atoms with Crippen LogP contribution in [-0.2, 0) is 21.0 Å². The van der Waals surface area contributed by atoms with Crippen LogP contribution in [0.3, 0.4) is 0 Å². The van der Waals surface area contributed by atoms with Gasteiger partial charge in [0.1, 0.15) is 11.6 Å². The lowest BCUT2D eigenvalue weighted by atomic mass is 9.98. The Hall–Kier alpha value is -2.37. The van der Waals surface area contributed by atoms with E-state index in [1.54, 1.807) is 0 Å². The van der Waals surface area contributed by atoms with Crippen molar-refractivity contribution >= 4 is 33.2 Å². The summed E-state index contributed by atoms with van der Waals surface area (Å²) in [6.07, 6.45) is -4.20. The molecule has 1 amide bonds. The second kappa shape index (κ2) is 9.24. The normalized spacial score (nSPS) is 17.8. The minimum Gasteiger partial charge on any atom is -0.495 e. The molecule has 1 aliphatic rings. The topological polar surface area (TPSA) is 75.7 Å². The van der Waals surface area contributed by atoms with Gasteiger partial charge < -0.3 is 10.1 Å². The van der Waals surface area contributed by atoms with Crippen molar-refractivity contribution in [3.8, 4) is 5.75 Å². The number of methoxy groups -OCH3 is 1. The van der Waals surface area contributed by atoms with Gasteiger partial charge in [0.15, 0.2) is 0 Å². The molecule has 0 aromatic heterocycles. The lowest BCUT2D eigenvalue weighted by Gasteiger charge is -2.31. The van der Waals surface area contributed by atoms with E-state index in [-0.39, 0.29) is 28.7 Å². The molecule has 0 spiro atoms. The number of anilines is 1. The number of amides is 1. The zero-order valence-electron chi connectivity index (χ0n) is 16.7. The molecule has 0 unspecified atom stereocenters. The summed E-state index contributed by atoms with van der Waals surface area (Å²) < 4.78 is 84.3. The first kappa shape index (κ1) is 24.3. The van der Waals surface area contributed by atoms with Crippen LogP contribution < -0.4 is 10.1 Å². The number of nitrogens with zero attached hydrogens (tertiary/aromatic N) is 1. The molecule has 2 aromatic carbocycles. The van der Waals surface area contributed by atoms with Crippen LogP contribution in [0.25, 0.3) is 0 Å². The van der Waals surface area contributed by atoms with Gasteiger partial charge in [0.2, 0.25) is 15.9 Å². The second-order valence-electron chi connectivity index (χ2n) is 7.18. The van der Waals surface area contributed by atoms with Crippen molar-refractivity contribution in [3.05, 3.63) is 52.8 Å². The van der Waals surface area contributed by atoms with Gasteiger partial charge in [0.25, 0.3) is 0 Å². The van der Waals surface area contributed by atoms with Crippen molar-refractivity contribution in [2.75, 3.05) is 25.5 Å². The summed E-state index contributed by atoms with van der Waals surface area (Å²) in [4.78, 5) is 12.5. The minimum absolute atomic E-state index is 0.0716. The van der Waals surface area contributed by atoms with Crippen molar-refractivity contribution in [1.29, 1.82) is 0 Å². The lowest BCUT2D eigenvalue weighted by Crippen LogP contribution is -2.43. The van der Waals surface area contributed by atoms with Gasteiger partial charge in [-0.25, -0.2) is 12.8 Å². The van der Waals surface area contributed by atoms with Crippen molar-refractivity contribution in [2.45, 2.75) is 23.9 Å². The highest BCUT2D eigenvalue weighted by atomic mass is 35.5. The number of benzene rings is 2. The van der Waals surface area contributed by atoms with Crippen LogP contribution >= 0.6 is 11.6 Å². The Balaban J connectivity index is 1.76. The summed E-state index contributed by atoms with van der Waals surface area (Å²) in [5, 5.41) is 2.43. The molecule has 1 atom stereocenters. The second-order valence-corrected chi connectivity index (χ2v) is 9.53. The Kier molecular flexibility index (Phi) is 7.01. The molecule has 32 heavy (non-hydrogen) atoms. The van der Waals surface area contributed by atoms with E-state index in [0.29, 0.717) is 30.7 Å². The summed E-state index contributed by atoms with van der Waals surface area (Å²) in [6.45, 7) is 0.00959. The number of ether oxygens (including phenoxy) is 1. The fraction of sp³-hybridized carbons (Fsp3) is 0.350. The van der Waals surface area contributed by atoms with Gasteiger partial charge in [0, 0.05) is 18.8 Å². The zero-order chi connectivity index (χ0) is 23.7. The molecule has 6 nitrogen and oxygen atoms in total. The summed E-state index contributed by atoms with van der Waals surface area (Å²) >= 11 is 6.02. The van der Waals surface area contributed by atoms with Gasteiger partial charge in [-0.2, -0.15) is 17.5 Å². The van der Waals surface area contributed by atoms with Gasteiger partial charge >= 0.3 is 6.18 Å². The van der Waals surface area contributed by atoms with Crippen molar-refractivity contribution in [3.63, 3.8) is 0 Å². The molecule has 2 aromatic rings. The summed E-state index contributed by atoms with van der Waals surface area (Å²) in [5.74, 6) is -2.60. The first-order valence-corrected chi connectivity index (χ1v) is 11.3. The highest BCUT2D eigenvalue weighted by Crippen LogP contribution is 2.34. The Morgan fingerprint density at radius 3 is 2.56 bits per heavy atom. The van der Waals surface area contributed by atoms with E-state index in [1.165, 1.54) is 25.3 Å². The summed E-state index contributed by atoms with van der Waals surface area (Å²) in [6, 6.07) is 6.13. The number of hydrogen-bond donors (Lipinski definition) is 1. The Bertz CT molecular complexity index is 1130. The third-order valence-corrected chi connectivity index (χ3v) is 7.21. The van der Waals surface area contributed by atoms with Crippen LogP contribution in [0.5, 0.6) is 5.75 Å². The number of sulfonamides is 1. The van der Waals surface area contributed by atoms with Gasteiger partial charge in [-0.1, -0.05) is 11.6 Å². The summed E-state index contributed by atoms with van der Waals surface area (Å²) in [7, 11) is -2.57. The predicted molar refractivity (Wildman–Crippen MR) is 110 cm³/mol. The molecule has 3 rings (SSSR count). The molecular formula is C20H19ClF4N2O4S. The Morgan fingerprint density at radius 1 is 1.22 bits per heavy atom. The summed E-state index contributed by atoms with van der Waals surface area (Å²) in [5.41, 5.74) is -1.73. The lowest BCUT2D eigenvalue weighted by molar-refractivity contribution is -0.140. The van der Waals surface area contributed by atoms with Crippen molar-refractivity contribution < 1.29 is 35.5 Å². The quantitative estimate of drug-likeness (QED) is 0.619. The monoisotopic (exact) mass is 494 g/mol. The number of piperidine rings is 1. The molecule has 0 aliphatic carbocycles. The van der Waals surface area contributed by atoms with E-state index >= 15 is 0 Å². The predicted octanol–water partition coefficient (Wildman–Crippen LogP) is 4.55. The molecule has 0 bridgehead atoms. The molecule has 1 saturated heterocycles. The number of rotatable bonds is 5. The SMILES string of the molecule is COc1ccc(S(=O)(=O)N2CCC[C@@H](C(=O)Nc3ccc(F)c(C(F)(F)F)c3)C2)cc1Cl. The number of alkyl halides is 3. The molecule has 0 radical (unpaired) electrons. The van der Waals surface area contributed by atoms with Crippen LogP contribution in [0.2, 0.25) is 5.02 Å². The van der Waals surface area contributed by atoms with Crippen LogP contribution in [0, 0.1) is 11.7 Å². The van der Waals surface area contributed by atoms with E-state index in [4.69, 9.17) is 16.3 Å². The fourth-order valence-corrected chi connectivity index (χ4v) is 5.27. The highest BCUT2D eigenvalue weighted by Gasteiger charge is 2.36.